The molecule has 0 unspecified atom stereocenters. The zero-order chi connectivity index (χ0) is 30.7. The number of carbonyl (C=O) groups is 2. The number of benzene rings is 3. The first-order valence-electron chi connectivity index (χ1n) is 13.9. The highest BCUT2D eigenvalue weighted by Gasteiger charge is 2.33. The topological polar surface area (TPSA) is 105 Å². The summed E-state index contributed by atoms with van der Waals surface area (Å²) >= 11 is 0. The van der Waals surface area contributed by atoms with Crippen molar-refractivity contribution in [2.24, 2.45) is 0 Å². The minimum absolute atomic E-state index is 0.120. The van der Waals surface area contributed by atoms with E-state index < -0.39 is 28.5 Å². The van der Waals surface area contributed by atoms with Crippen LogP contribution < -0.4 is 19.1 Å². The van der Waals surface area contributed by atoms with E-state index in [4.69, 9.17) is 9.47 Å². The molecule has 3 rings (SSSR count). The van der Waals surface area contributed by atoms with Crippen LogP contribution in [0.3, 0.4) is 0 Å². The van der Waals surface area contributed by atoms with Crippen LogP contribution in [0.4, 0.5) is 5.69 Å². The fourth-order valence-corrected chi connectivity index (χ4v) is 5.39. The second kappa shape index (κ2) is 15.3. The number of aryl methyl sites for hydroxylation is 1. The Bertz CT molecular complexity index is 1430. The molecular formula is C32H41N3O6S. The van der Waals surface area contributed by atoms with Crippen molar-refractivity contribution in [2.45, 2.75) is 45.7 Å². The van der Waals surface area contributed by atoms with Crippen molar-refractivity contribution in [3.05, 3.63) is 89.5 Å². The van der Waals surface area contributed by atoms with E-state index in [0.717, 1.165) is 40.1 Å². The van der Waals surface area contributed by atoms with Gasteiger partial charge in [-0.05, 0) is 36.6 Å². The van der Waals surface area contributed by atoms with E-state index in [9.17, 15) is 18.0 Å². The van der Waals surface area contributed by atoms with Gasteiger partial charge in [-0.3, -0.25) is 13.9 Å². The van der Waals surface area contributed by atoms with E-state index in [-0.39, 0.29) is 30.3 Å². The molecule has 0 aromatic heterocycles. The number of hydrogen-bond acceptors (Lipinski definition) is 6. The van der Waals surface area contributed by atoms with Gasteiger partial charge in [0, 0.05) is 25.6 Å². The van der Waals surface area contributed by atoms with Crippen molar-refractivity contribution in [3.8, 4) is 11.5 Å². The van der Waals surface area contributed by atoms with Crippen LogP contribution in [-0.4, -0.2) is 64.7 Å². The molecule has 0 saturated heterocycles. The number of methoxy groups -OCH3 is 2. The van der Waals surface area contributed by atoms with Gasteiger partial charge in [-0.25, -0.2) is 8.42 Å². The number of anilines is 1. The van der Waals surface area contributed by atoms with Crippen LogP contribution >= 0.6 is 0 Å². The van der Waals surface area contributed by atoms with Crippen LogP contribution in [-0.2, 0) is 32.6 Å². The molecule has 0 aliphatic carbocycles. The summed E-state index contributed by atoms with van der Waals surface area (Å²) < 4.78 is 37.9. The van der Waals surface area contributed by atoms with E-state index in [0.29, 0.717) is 12.3 Å². The average molecular weight is 596 g/mol. The monoisotopic (exact) mass is 595 g/mol. The summed E-state index contributed by atoms with van der Waals surface area (Å²) in [6.45, 7) is 4.08. The molecule has 0 heterocycles. The molecule has 0 radical (unpaired) electrons. The third kappa shape index (κ3) is 8.97. The SMILES string of the molecule is CCCCNC(=O)[C@H](Cc1ccccc1)N(Cc1ccc(C)cc1)C(=O)CN(c1ccc(OC)cc1OC)S(C)(=O)=O. The Hall–Kier alpha value is -4.05. The van der Waals surface area contributed by atoms with Crippen LogP contribution in [0.15, 0.2) is 72.8 Å². The minimum atomic E-state index is -3.94. The van der Waals surface area contributed by atoms with Gasteiger partial charge in [0.1, 0.15) is 24.1 Å². The van der Waals surface area contributed by atoms with Gasteiger partial charge in [0.05, 0.1) is 26.2 Å². The van der Waals surface area contributed by atoms with Crippen molar-refractivity contribution in [3.63, 3.8) is 0 Å². The Morgan fingerprint density at radius 1 is 0.929 bits per heavy atom. The summed E-state index contributed by atoms with van der Waals surface area (Å²) in [5, 5.41) is 2.98. The van der Waals surface area contributed by atoms with Crippen molar-refractivity contribution < 1.29 is 27.5 Å². The Kier molecular flexibility index (Phi) is 11.8. The fraction of sp³-hybridized carbons (Fsp3) is 0.375. The number of unbranched alkanes of at least 4 members (excludes halogenated alkanes) is 1. The summed E-state index contributed by atoms with van der Waals surface area (Å²) in [5.74, 6) is -0.106. The molecule has 1 N–H and O–H groups in total. The van der Waals surface area contributed by atoms with Crippen LogP contribution in [0.1, 0.15) is 36.5 Å². The predicted octanol–water partition coefficient (Wildman–Crippen LogP) is 4.33. The van der Waals surface area contributed by atoms with E-state index in [1.807, 2.05) is 68.4 Å². The lowest BCUT2D eigenvalue weighted by Gasteiger charge is -2.33. The average Bonchev–Trinajstić information content (AvgIpc) is 2.98. The Labute approximate surface area is 249 Å². The number of hydrogen-bond donors (Lipinski definition) is 1. The zero-order valence-corrected chi connectivity index (χ0v) is 25.8. The van der Waals surface area contributed by atoms with Crippen molar-refractivity contribution >= 4 is 27.5 Å². The lowest BCUT2D eigenvalue weighted by Crippen LogP contribution is -2.53. The highest BCUT2D eigenvalue weighted by Crippen LogP contribution is 2.33. The van der Waals surface area contributed by atoms with Crippen molar-refractivity contribution in [2.75, 3.05) is 37.9 Å². The number of carbonyl (C=O) groups excluding carboxylic acids is 2. The maximum absolute atomic E-state index is 14.2. The first-order valence-corrected chi connectivity index (χ1v) is 15.8. The molecule has 3 aromatic rings. The van der Waals surface area contributed by atoms with Gasteiger partial charge in [-0.15, -0.1) is 0 Å². The molecule has 2 amide bonds. The Balaban J connectivity index is 2.06. The van der Waals surface area contributed by atoms with Crippen molar-refractivity contribution in [1.29, 1.82) is 0 Å². The van der Waals surface area contributed by atoms with Gasteiger partial charge in [-0.2, -0.15) is 0 Å². The van der Waals surface area contributed by atoms with Gasteiger partial charge in [0.15, 0.2) is 0 Å². The standard InChI is InChI=1S/C32H41N3O6S/c1-6-7-19-33-32(37)29(20-25-11-9-8-10-12-25)34(22-26-15-13-24(2)14-16-26)31(36)23-35(42(5,38)39)28-18-17-27(40-3)21-30(28)41-4/h8-18,21,29H,6-7,19-20,22-23H2,1-5H3,(H,33,37)/t29-/m0/s1. The smallest absolute Gasteiger partial charge is 0.244 e. The van der Waals surface area contributed by atoms with Crippen LogP contribution in [0.2, 0.25) is 0 Å². The highest BCUT2D eigenvalue weighted by molar-refractivity contribution is 7.92. The maximum Gasteiger partial charge on any atom is 0.244 e. The van der Waals surface area contributed by atoms with Crippen LogP contribution in [0, 0.1) is 6.92 Å². The van der Waals surface area contributed by atoms with Gasteiger partial charge in [0.2, 0.25) is 21.8 Å². The molecule has 0 bridgehead atoms. The number of ether oxygens (including phenoxy) is 2. The van der Waals surface area contributed by atoms with Crippen LogP contribution in [0.25, 0.3) is 0 Å². The van der Waals surface area contributed by atoms with Crippen LogP contribution in [0.5, 0.6) is 11.5 Å². The molecule has 9 nitrogen and oxygen atoms in total. The number of amides is 2. The summed E-state index contributed by atoms with van der Waals surface area (Å²) in [6, 6.07) is 21.0. The summed E-state index contributed by atoms with van der Waals surface area (Å²) in [4.78, 5) is 29.4. The molecular weight excluding hydrogens is 554 g/mol. The number of nitrogens with zero attached hydrogens (tertiary/aromatic N) is 2. The normalized spacial score (nSPS) is 11.8. The molecule has 0 spiro atoms. The van der Waals surface area contributed by atoms with Gasteiger partial charge in [0.25, 0.3) is 0 Å². The largest absolute Gasteiger partial charge is 0.497 e. The van der Waals surface area contributed by atoms with Crippen molar-refractivity contribution in [1.82, 2.24) is 10.2 Å². The Morgan fingerprint density at radius 2 is 1.62 bits per heavy atom. The fourth-order valence-electron chi connectivity index (χ4n) is 4.54. The molecule has 0 saturated carbocycles. The van der Waals surface area contributed by atoms with E-state index in [2.05, 4.69) is 5.32 Å². The second-order valence-electron chi connectivity index (χ2n) is 10.2. The molecule has 10 heteroatoms. The highest BCUT2D eigenvalue weighted by atomic mass is 32.2. The first-order chi connectivity index (χ1) is 20.1. The minimum Gasteiger partial charge on any atom is -0.497 e. The van der Waals surface area contributed by atoms with Gasteiger partial charge < -0.3 is 19.7 Å². The van der Waals surface area contributed by atoms with E-state index >= 15 is 0 Å². The number of rotatable bonds is 15. The summed E-state index contributed by atoms with van der Waals surface area (Å²) in [7, 11) is -1.02. The quantitative estimate of drug-likeness (QED) is 0.262. The lowest BCUT2D eigenvalue weighted by molar-refractivity contribution is -0.140. The van der Waals surface area contributed by atoms with Gasteiger partial charge >= 0.3 is 0 Å². The molecule has 226 valence electrons. The molecule has 0 aliphatic heterocycles. The molecule has 1 atom stereocenters. The number of nitrogens with one attached hydrogen (secondary N) is 1. The summed E-state index contributed by atoms with van der Waals surface area (Å²) in [6.07, 6.45) is 3.01. The molecule has 3 aromatic carbocycles. The number of sulfonamides is 1. The van der Waals surface area contributed by atoms with E-state index in [1.165, 1.54) is 25.2 Å². The van der Waals surface area contributed by atoms with E-state index in [1.54, 1.807) is 12.1 Å². The first kappa shape index (κ1) is 32.5. The third-order valence-electron chi connectivity index (χ3n) is 6.91. The molecule has 42 heavy (non-hydrogen) atoms. The maximum atomic E-state index is 14.2. The van der Waals surface area contributed by atoms with Gasteiger partial charge in [-0.1, -0.05) is 73.5 Å². The Morgan fingerprint density at radius 3 is 2.21 bits per heavy atom. The second-order valence-corrected chi connectivity index (χ2v) is 12.1. The summed E-state index contributed by atoms with van der Waals surface area (Å²) in [5.41, 5.74) is 2.95. The predicted molar refractivity (Wildman–Crippen MR) is 165 cm³/mol. The lowest BCUT2D eigenvalue weighted by atomic mass is 10.0. The third-order valence-corrected chi connectivity index (χ3v) is 8.04. The molecule has 0 aliphatic rings. The zero-order valence-electron chi connectivity index (χ0n) is 25.0. The molecule has 0 fully saturated rings.